The summed E-state index contributed by atoms with van der Waals surface area (Å²) in [6.45, 7) is 0. The third-order valence-corrected chi connectivity index (χ3v) is 3.69. The number of carbonyl (C=O) groups excluding carboxylic acids is 1. The summed E-state index contributed by atoms with van der Waals surface area (Å²) < 4.78 is 12.9. The molecule has 1 heterocycles. The molecule has 0 fully saturated rings. The van der Waals surface area contributed by atoms with Crippen LogP contribution >= 0.6 is 23.4 Å². The van der Waals surface area contributed by atoms with Gasteiger partial charge in [-0.05, 0) is 30.3 Å². The summed E-state index contributed by atoms with van der Waals surface area (Å²) in [5.74, 6) is 0.326. The van der Waals surface area contributed by atoms with Crippen molar-refractivity contribution < 1.29 is 9.18 Å². The highest BCUT2D eigenvalue weighted by Gasteiger charge is 2.07. The van der Waals surface area contributed by atoms with E-state index < -0.39 is 5.82 Å². The Kier molecular flexibility index (Phi) is 5.38. The lowest BCUT2D eigenvalue weighted by atomic mass is 10.3. The maximum Gasteiger partial charge on any atom is 0.234 e. The monoisotopic (exact) mass is 310 g/mol. The number of anilines is 1. The van der Waals surface area contributed by atoms with Gasteiger partial charge in [0.1, 0.15) is 5.82 Å². The molecule has 3 nitrogen and oxygen atoms in total. The normalized spacial score (nSPS) is 10.3. The van der Waals surface area contributed by atoms with Gasteiger partial charge in [0.15, 0.2) is 0 Å². The van der Waals surface area contributed by atoms with Gasteiger partial charge in [-0.3, -0.25) is 9.78 Å². The molecular weight excluding hydrogens is 299 g/mol. The van der Waals surface area contributed by atoms with Gasteiger partial charge in [0.05, 0.1) is 22.2 Å². The molecule has 0 spiro atoms. The van der Waals surface area contributed by atoms with Crippen LogP contribution in [0.25, 0.3) is 0 Å². The van der Waals surface area contributed by atoms with Crippen molar-refractivity contribution in [2.24, 2.45) is 0 Å². The molecule has 104 valence electrons. The highest BCUT2D eigenvalue weighted by molar-refractivity contribution is 7.99. The number of rotatable bonds is 5. The average molecular weight is 311 g/mol. The minimum atomic E-state index is -0.433. The number of nitrogens with zero attached hydrogens (tertiary/aromatic N) is 1. The molecule has 1 aromatic carbocycles. The maximum absolute atomic E-state index is 12.9. The van der Waals surface area contributed by atoms with Gasteiger partial charge in [-0.2, -0.15) is 0 Å². The molecule has 0 aliphatic rings. The molecule has 1 amide bonds. The van der Waals surface area contributed by atoms with E-state index in [0.29, 0.717) is 11.4 Å². The standard InChI is InChI=1S/C14H12ClFN2OS/c15-12-7-10(16)4-5-13(12)18-14(19)9-20-8-11-3-1-2-6-17-11/h1-7H,8-9H2,(H,18,19). The number of carbonyl (C=O) groups is 1. The van der Waals surface area contributed by atoms with Gasteiger partial charge in [-0.1, -0.05) is 17.7 Å². The lowest BCUT2D eigenvalue weighted by molar-refractivity contribution is -0.113. The smallest absolute Gasteiger partial charge is 0.234 e. The number of thioether (sulfide) groups is 1. The van der Waals surface area contributed by atoms with Crippen molar-refractivity contribution in [3.05, 3.63) is 59.1 Å². The summed E-state index contributed by atoms with van der Waals surface area (Å²) in [6.07, 6.45) is 1.72. The second-order valence-electron chi connectivity index (χ2n) is 3.99. The molecule has 0 radical (unpaired) electrons. The van der Waals surface area contributed by atoms with Crippen LogP contribution in [0.4, 0.5) is 10.1 Å². The van der Waals surface area contributed by atoms with Gasteiger partial charge >= 0.3 is 0 Å². The highest BCUT2D eigenvalue weighted by Crippen LogP contribution is 2.22. The third-order valence-electron chi connectivity index (χ3n) is 2.41. The zero-order chi connectivity index (χ0) is 14.4. The van der Waals surface area contributed by atoms with Crippen LogP contribution in [0.3, 0.4) is 0 Å². The van der Waals surface area contributed by atoms with Crippen LogP contribution < -0.4 is 5.32 Å². The number of hydrogen-bond acceptors (Lipinski definition) is 3. The number of hydrogen-bond donors (Lipinski definition) is 1. The zero-order valence-electron chi connectivity index (χ0n) is 10.5. The quantitative estimate of drug-likeness (QED) is 0.914. The largest absolute Gasteiger partial charge is 0.324 e. The maximum atomic E-state index is 12.9. The van der Waals surface area contributed by atoms with E-state index in [-0.39, 0.29) is 16.7 Å². The van der Waals surface area contributed by atoms with E-state index >= 15 is 0 Å². The van der Waals surface area contributed by atoms with Crippen molar-refractivity contribution in [1.29, 1.82) is 0 Å². The van der Waals surface area contributed by atoms with Crippen molar-refractivity contribution in [1.82, 2.24) is 4.98 Å². The van der Waals surface area contributed by atoms with E-state index in [2.05, 4.69) is 10.3 Å². The van der Waals surface area contributed by atoms with E-state index in [1.807, 2.05) is 18.2 Å². The highest BCUT2D eigenvalue weighted by atomic mass is 35.5. The van der Waals surface area contributed by atoms with E-state index in [4.69, 9.17) is 11.6 Å². The predicted octanol–water partition coefficient (Wildman–Crippen LogP) is 3.75. The zero-order valence-corrected chi connectivity index (χ0v) is 12.0. The molecule has 20 heavy (non-hydrogen) atoms. The minimum Gasteiger partial charge on any atom is -0.324 e. The Labute approximate surface area is 125 Å². The lowest BCUT2D eigenvalue weighted by Gasteiger charge is -2.07. The molecule has 0 atom stereocenters. The van der Waals surface area contributed by atoms with Gasteiger partial charge in [-0.25, -0.2) is 4.39 Å². The fraction of sp³-hybridized carbons (Fsp3) is 0.143. The van der Waals surface area contributed by atoms with Crippen molar-refractivity contribution >= 4 is 35.0 Å². The van der Waals surface area contributed by atoms with Gasteiger partial charge in [0.25, 0.3) is 0 Å². The molecule has 0 saturated heterocycles. The van der Waals surface area contributed by atoms with E-state index in [0.717, 1.165) is 11.8 Å². The van der Waals surface area contributed by atoms with Crippen molar-refractivity contribution in [3.63, 3.8) is 0 Å². The van der Waals surface area contributed by atoms with Gasteiger partial charge in [0.2, 0.25) is 5.91 Å². The first-order valence-electron chi connectivity index (χ1n) is 5.88. The Morgan fingerprint density at radius 1 is 1.35 bits per heavy atom. The van der Waals surface area contributed by atoms with Gasteiger partial charge in [-0.15, -0.1) is 11.8 Å². The molecule has 1 aromatic heterocycles. The molecule has 2 aromatic rings. The average Bonchev–Trinajstić information content (AvgIpc) is 2.43. The number of benzene rings is 1. The Morgan fingerprint density at radius 3 is 2.90 bits per heavy atom. The number of halogens is 2. The molecule has 0 unspecified atom stereocenters. The molecule has 0 saturated carbocycles. The molecule has 2 rings (SSSR count). The van der Waals surface area contributed by atoms with Crippen LogP contribution in [-0.2, 0) is 10.5 Å². The molecule has 0 bridgehead atoms. The van der Waals surface area contributed by atoms with Crippen LogP contribution in [0, 0.1) is 5.82 Å². The van der Waals surface area contributed by atoms with Gasteiger partial charge in [0, 0.05) is 11.9 Å². The first-order valence-corrected chi connectivity index (χ1v) is 7.41. The second-order valence-corrected chi connectivity index (χ2v) is 5.38. The van der Waals surface area contributed by atoms with Crippen LogP contribution in [0.1, 0.15) is 5.69 Å². The molecule has 6 heteroatoms. The summed E-state index contributed by atoms with van der Waals surface area (Å²) in [4.78, 5) is 15.9. The van der Waals surface area contributed by atoms with E-state index in [1.165, 1.54) is 23.9 Å². The summed E-state index contributed by atoms with van der Waals surface area (Å²) in [5.41, 5.74) is 1.33. The SMILES string of the molecule is O=C(CSCc1ccccn1)Nc1ccc(F)cc1Cl. The van der Waals surface area contributed by atoms with Crippen LogP contribution in [0.2, 0.25) is 5.02 Å². The minimum absolute atomic E-state index is 0.181. The van der Waals surface area contributed by atoms with Crippen molar-refractivity contribution in [2.45, 2.75) is 5.75 Å². The topological polar surface area (TPSA) is 42.0 Å². The third kappa shape index (κ3) is 4.51. The summed E-state index contributed by atoms with van der Waals surface area (Å²) in [6, 6.07) is 9.51. The number of aromatic nitrogens is 1. The van der Waals surface area contributed by atoms with Crippen molar-refractivity contribution in [2.75, 3.05) is 11.1 Å². The second kappa shape index (κ2) is 7.26. The fourth-order valence-corrected chi connectivity index (χ4v) is 2.46. The van der Waals surface area contributed by atoms with Gasteiger partial charge < -0.3 is 5.32 Å². The predicted molar refractivity (Wildman–Crippen MR) is 80.4 cm³/mol. The number of pyridine rings is 1. The first-order chi connectivity index (χ1) is 9.65. The Bertz CT molecular complexity index is 595. The molecule has 0 aliphatic heterocycles. The summed E-state index contributed by atoms with van der Waals surface area (Å²) in [7, 11) is 0. The molecular formula is C14H12ClFN2OS. The molecule has 1 N–H and O–H groups in total. The Balaban J connectivity index is 1.81. The van der Waals surface area contributed by atoms with Crippen LogP contribution in [0.15, 0.2) is 42.6 Å². The van der Waals surface area contributed by atoms with Crippen LogP contribution in [-0.4, -0.2) is 16.6 Å². The summed E-state index contributed by atoms with van der Waals surface area (Å²) in [5, 5.41) is 2.83. The Morgan fingerprint density at radius 2 is 2.20 bits per heavy atom. The Hall–Kier alpha value is -1.59. The van der Waals surface area contributed by atoms with Crippen molar-refractivity contribution in [3.8, 4) is 0 Å². The first kappa shape index (κ1) is 14.8. The van der Waals surface area contributed by atoms with Crippen LogP contribution in [0.5, 0.6) is 0 Å². The fourth-order valence-electron chi connectivity index (χ4n) is 1.51. The molecule has 0 aliphatic carbocycles. The summed E-state index contributed by atoms with van der Waals surface area (Å²) >= 11 is 7.28. The van der Waals surface area contributed by atoms with E-state index in [9.17, 15) is 9.18 Å². The number of amides is 1. The number of nitrogens with one attached hydrogen (secondary N) is 1. The van der Waals surface area contributed by atoms with E-state index in [1.54, 1.807) is 6.20 Å². The lowest BCUT2D eigenvalue weighted by Crippen LogP contribution is -2.14.